The minimum absolute atomic E-state index is 0.140. The molecule has 0 saturated heterocycles. The Hall–Kier alpha value is -1.56. The average Bonchev–Trinajstić information content (AvgIpc) is 2.95. The number of ether oxygens (including phenoxy) is 1. The van der Waals surface area contributed by atoms with Crippen LogP contribution in [0.1, 0.15) is 10.8 Å². The summed E-state index contributed by atoms with van der Waals surface area (Å²) in [6, 6.07) is 16.2. The largest absolute Gasteiger partial charge is 0.496 e. The second-order valence-corrected chi connectivity index (χ2v) is 7.01. The van der Waals surface area contributed by atoms with Crippen molar-refractivity contribution in [3.63, 3.8) is 0 Å². The van der Waals surface area contributed by atoms with Gasteiger partial charge in [-0.1, -0.05) is 42.1 Å². The number of benzene rings is 2. The highest BCUT2D eigenvalue weighted by molar-refractivity contribution is 8.01. The lowest BCUT2D eigenvalue weighted by molar-refractivity contribution is 0.409. The van der Waals surface area contributed by atoms with Crippen LogP contribution in [0.3, 0.4) is 0 Å². The first-order valence-corrected chi connectivity index (χ1v) is 8.36. The molecule has 0 saturated carbocycles. The summed E-state index contributed by atoms with van der Waals surface area (Å²) in [5.41, 5.74) is 8.13. The van der Waals surface area contributed by atoms with E-state index >= 15 is 0 Å². The standard InChI is InChI=1S/C16H16N2OS2/c1-19-13-8-4-2-6-11(13)15(10-17)21-16-18-12-7-3-5-9-14(12)20-16/h2-9,15H,10,17H2,1H3. The molecule has 1 aromatic heterocycles. The predicted molar refractivity (Wildman–Crippen MR) is 90.3 cm³/mol. The molecule has 108 valence electrons. The molecule has 5 heteroatoms. The summed E-state index contributed by atoms with van der Waals surface area (Å²) >= 11 is 3.40. The van der Waals surface area contributed by atoms with E-state index in [1.54, 1.807) is 30.2 Å². The minimum atomic E-state index is 0.140. The van der Waals surface area contributed by atoms with Crippen molar-refractivity contribution in [2.24, 2.45) is 5.73 Å². The van der Waals surface area contributed by atoms with Gasteiger partial charge in [-0.25, -0.2) is 4.98 Å². The molecule has 2 N–H and O–H groups in total. The van der Waals surface area contributed by atoms with Crippen LogP contribution in [0.4, 0.5) is 0 Å². The molecule has 0 radical (unpaired) electrons. The lowest BCUT2D eigenvalue weighted by Crippen LogP contribution is -2.10. The van der Waals surface area contributed by atoms with Crippen LogP contribution in [0.25, 0.3) is 10.2 Å². The number of hydrogen-bond donors (Lipinski definition) is 1. The summed E-state index contributed by atoms with van der Waals surface area (Å²) in [4.78, 5) is 4.67. The number of nitrogens with zero attached hydrogens (tertiary/aromatic N) is 1. The number of thiazole rings is 1. The number of para-hydroxylation sites is 2. The Labute approximate surface area is 132 Å². The van der Waals surface area contributed by atoms with Gasteiger partial charge in [-0.15, -0.1) is 11.3 Å². The van der Waals surface area contributed by atoms with Crippen LogP contribution in [0.5, 0.6) is 5.75 Å². The van der Waals surface area contributed by atoms with Gasteiger partial charge in [0.15, 0.2) is 4.34 Å². The first-order chi connectivity index (χ1) is 10.3. The zero-order chi connectivity index (χ0) is 14.7. The molecule has 3 nitrogen and oxygen atoms in total. The lowest BCUT2D eigenvalue weighted by Gasteiger charge is -2.16. The van der Waals surface area contributed by atoms with E-state index in [1.807, 2.05) is 36.4 Å². The number of nitrogens with two attached hydrogens (primary N) is 1. The van der Waals surface area contributed by atoms with Crippen LogP contribution in [-0.4, -0.2) is 18.6 Å². The van der Waals surface area contributed by atoms with Gasteiger partial charge in [0.1, 0.15) is 5.75 Å². The quantitative estimate of drug-likeness (QED) is 0.720. The maximum atomic E-state index is 5.97. The molecular weight excluding hydrogens is 300 g/mol. The number of fused-ring (bicyclic) bond motifs is 1. The molecule has 3 aromatic rings. The Kier molecular flexibility index (Phi) is 4.43. The molecule has 0 aliphatic heterocycles. The monoisotopic (exact) mass is 316 g/mol. The molecule has 0 aliphatic carbocycles. The second kappa shape index (κ2) is 6.47. The maximum absolute atomic E-state index is 5.97. The summed E-state index contributed by atoms with van der Waals surface area (Å²) in [6.07, 6.45) is 0. The summed E-state index contributed by atoms with van der Waals surface area (Å²) in [5.74, 6) is 0.876. The molecule has 21 heavy (non-hydrogen) atoms. The smallest absolute Gasteiger partial charge is 0.151 e. The van der Waals surface area contributed by atoms with Crippen molar-refractivity contribution >= 4 is 33.3 Å². The van der Waals surface area contributed by atoms with Crippen molar-refractivity contribution < 1.29 is 4.74 Å². The van der Waals surface area contributed by atoms with Crippen LogP contribution >= 0.6 is 23.1 Å². The molecular formula is C16H16N2OS2. The molecule has 1 unspecified atom stereocenters. The van der Waals surface area contributed by atoms with Crippen LogP contribution in [0.15, 0.2) is 52.9 Å². The van der Waals surface area contributed by atoms with E-state index in [2.05, 4.69) is 17.1 Å². The van der Waals surface area contributed by atoms with E-state index < -0.39 is 0 Å². The first-order valence-electron chi connectivity index (χ1n) is 6.67. The van der Waals surface area contributed by atoms with Crippen LogP contribution in [0.2, 0.25) is 0 Å². The van der Waals surface area contributed by atoms with Gasteiger partial charge < -0.3 is 10.5 Å². The average molecular weight is 316 g/mol. The number of rotatable bonds is 5. The minimum Gasteiger partial charge on any atom is -0.496 e. The van der Waals surface area contributed by atoms with Gasteiger partial charge in [0, 0.05) is 12.1 Å². The highest BCUT2D eigenvalue weighted by Crippen LogP contribution is 2.41. The van der Waals surface area contributed by atoms with Gasteiger partial charge in [-0.3, -0.25) is 0 Å². The van der Waals surface area contributed by atoms with Crippen LogP contribution in [0, 0.1) is 0 Å². The Balaban J connectivity index is 1.90. The predicted octanol–water partition coefficient (Wildman–Crippen LogP) is 4.10. The zero-order valence-corrected chi connectivity index (χ0v) is 13.3. The van der Waals surface area contributed by atoms with Crippen LogP contribution in [-0.2, 0) is 0 Å². The van der Waals surface area contributed by atoms with E-state index in [1.165, 1.54) is 4.70 Å². The molecule has 0 spiro atoms. The van der Waals surface area contributed by atoms with Crippen molar-refractivity contribution in [2.45, 2.75) is 9.59 Å². The van der Waals surface area contributed by atoms with Gasteiger partial charge in [-0.2, -0.15) is 0 Å². The number of hydrogen-bond acceptors (Lipinski definition) is 5. The zero-order valence-electron chi connectivity index (χ0n) is 11.7. The van der Waals surface area contributed by atoms with Gasteiger partial charge in [0.2, 0.25) is 0 Å². The van der Waals surface area contributed by atoms with Gasteiger partial charge in [-0.05, 0) is 18.2 Å². The van der Waals surface area contributed by atoms with Crippen molar-refractivity contribution in [1.29, 1.82) is 0 Å². The van der Waals surface area contributed by atoms with Gasteiger partial charge in [0.25, 0.3) is 0 Å². The molecule has 0 fully saturated rings. The molecule has 1 atom stereocenters. The van der Waals surface area contributed by atoms with E-state index in [-0.39, 0.29) is 5.25 Å². The third-order valence-electron chi connectivity index (χ3n) is 3.22. The lowest BCUT2D eigenvalue weighted by atomic mass is 10.1. The fraction of sp³-hybridized carbons (Fsp3) is 0.188. The molecule has 3 rings (SSSR count). The third kappa shape index (κ3) is 3.05. The number of aromatic nitrogens is 1. The summed E-state index contributed by atoms with van der Waals surface area (Å²) in [7, 11) is 1.69. The third-order valence-corrected chi connectivity index (χ3v) is 5.61. The Morgan fingerprint density at radius 3 is 2.71 bits per heavy atom. The highest BCUT2D eigenvalue weighted by atomic mass is 32.2. The van der Waals surface area contributed by atoms with Crippen molar-refractivity contribution in [3.05, 3.63) is 54.1 Å². The maximum Gasteiger partial charge on any atom is 0.151 e. The van der Waals surface area contributed by atoms with Crippen molar-refractivity contribution in [1.82, 2.24) is 4.98 Å². The van der Waals surface area contributed by atoms with E-state index in [9.17, 15) is 0 Å². The number of methoxy groups -OCH3 is 1. The van der Waals surface area contributed by atoms with Gasteiger partial charge in [0.05, 0.1) is 22.6 Å². The molecule has 0 aliphatic rings. The number of thioether (sulfide) groups is 1. The van der Waals surface area contributed by atoms with Crippen LogP contribution < -0.4 is 10.5 Å². The Morgan fingerprint density at radius 2 is 1.95 bits per heavy atom. The summed E-state index contributed by atoms with van der Waals surface area (Å²) in [5, 5.41) is 0.140. The molecule has 0 bridgehead atoms. The summed E-state index contributed by atoms with van der Waals surface area (Å²) < 4.78 is 7.68. The Morgan fingerprint density at radius 1 is 1.19 bits per heavy atom. The molecule has 0 amide bonds. The van der Waals surface area contributed by atoms with Crippen molar-refractivity contribution in [3.8, 4) is 5.75 Å². The Bertz CT molecular complexity index is 709. The second-order valence-electron chi connectivity index (χ2n) is 4.53. The first kappa shape index (κ1) is 14.4. The van der Waals surface area contributed by atoms with Crippen molar-refractivity contribution in [2.75, 3.05) is 13.7 Å². The van der Waals surface area contributed by atoms with E-state index in [0.717, 1.165) is 21.2 Å². The van der Waals surface area contributed by atoms with E-state index in [0.29, 0.717) is 6.54 Å². The normalized spacial score (nSPS) is 12.5. The fourth-order valence-corrected chi connectivity index (χ4v) is 4.51. The van der Waals surface area contributed by atoms with E-state index in [4.69, 9.17) is 10.5 Å². The van der Waals surface area contributed by atoms with Gasteiger partial charge >= 0.3 is 0 Å². The SMILES string of the molecule is COc1ccccc1C(CN)Sc1nc2ccccc2s1. The molecule has 1 heterocycles. The topological polar surface area (TPSA) is 48.1 Å². The molecule has 2 aromatic carbocycles. The highest BCUT2D eigenvalue weighted by Gasteiger charge is 2.17. The summed E-state index contributed by atoms with van der Waals surface area (Å²) in [6.45, 7) is 0.543. The fourth-order valence-electron chi connectivity index (χ4n) is 2.19.